The second kappa shape index (κ2) is 5.22. The van der Waals surface area contributed by atoms with Gasteiger partial charge in [0.15, 0.2) is 0 Å². The molecule has 0 saturated carbocycles. The van der Waals surface area contributed by atoms with Crippen LogP contribution < -0.4 is 0 Å². The van der Waals surface area contributed by atoms with Crippen molar-refractivity contribution in [1.82, 2.24) is 4.90 Å². The van der Waals surface area contributed by atoms with E-state index in [0.29, 0.717) is 12.1 Å². The Hall–Kier alpha value is -1.54. The monoisotopic (exact) mass is 255 g/mol. The number of hydrogen-bond acceptors (Lipinski definition) is 2. The second-order valence-corrected chi connectivity index (χ2v) is 5.59. The van der Waals surface area contributed by atoms with Crippen LogP contribution in [-0.4, -0.2) is 17.5 Å². The fourth-order valence-corrected chi connectivity index (χ4v) is 3.21. The molecule has 0 bridgehead atoms. The van der Waals surface area contributed by atoms with Crippen LogP contribution in [0, 0.1) is 0 Å². The number of benzene rings is 1. The third-order valence-electron chi connectivity index (χ3n) is 4.11. The van der Waals surface area contributed by atoms with E-state index in [2.05, 4.69) is 43.0 Å². The molecule has 1 fully saturated rings. The molecule has 0 spiro atoms. The van der Waals surface area contributed by atoms with Gasteiger partial charge in [-0.05, 0) is 50.4 Å². The van der Waals surface area contributed by atoms with Crippen molar-refractivity contribution in [1.29, 1.82) is 0 Å². The molecule has 19 heavy (non-hydrogen) atoms. The van der Waals surface area contributed by atoms with Crippen molar-refractivity contribution < 1.29 is 4.42 Å². The van der Waals surface area contributed by atoms with Crippen molar-refractivity contribution in [2.45, 2.75) is 38.8 Å². The minimum Gasteiger partial charge on any atom is -0.472 e. The summed E-state index contributed by atoms with van der Waals surface area (Å²) in [5.41, 5.74) is 3.94. The van der Waals surface area contributed by atoms with Gasteiger partial charge in [0.25, 0.3) is 0 Å². The molecule has 1 saturated heterocycles. The van der Waals surface area contributed by atoms with Gasteiger partial charge < -0.3 is 4.42 Å². The quantitative estimate of drug-likeness (QED) is 0.803. The van der Waals surface area contributed by atoms with Gasteiger partial charge in [0.1, 0.15) is 0 Å². The molecule has 0 radical (unpaired) electrons. The summed E-state index contributed by atoms with van der Waals surface area (Å²) in [5, 5.41) is 0. The molecule has 0 amide bonds. The van der Waals surface area contributed by atoms with Gasteiger partial charge in [-0.2, -0.15) is 0 Å². The molecule has 2 heterocycles. The van der Waals surface area contributed by atoms with Gasteiger partial charge in [0.05, 0.1) is 12.5 Å². The molecule has 0 N–H and O–H groups in total. The Morgan fingerprint density at radius 2 is 2.05 bits per heavy atom. The Kier molecular flexibility index (Phi) is 3.43. The first-order chi connectivity index (χ1) is 9.27. The SMILES string of the molecule is CC(C)N1CCCC1c1ccccc1-c1ccoc1. The summed E-state index contributed by atoms with van der Waals surface area (Å²) in [7, 11) is 0. The first kappa shape index (κ1) is 12.5. The van der Waals surface area contributed by atoms with Crippen molar-refractivity contribution in [3.05, 3.63) is 48.4 Å². The van der Waals surface area contributed by atoms with Gasteiger partial charge in [0.2, 0.25) is 0 Å². The minimum atomic E-state index is 0.547. The van der Waals surface area contributed by atoms with Crippen LogP contribution in [-0.2, 0) is 0 Å². The Bertz CT molecular complexity index is 530. The lowest BCUT2D eigenvalue weighted by molar-refractivity contribution is 0.206. The van der Waals surface area contributed by atoms with Crippen LogP contribution in [0.3, 0.4) is 0 Å². The van der Waals surface area contributed by atoms with E-state index in [1.54, 1.807) is 6.26 Å². The molecule has 1 atom stereocenters. The molecular weight excluding hydrogens is 234 g/mol. The molecule has 1 aliphatic heterocycles. The summed E-state index contributed by atoms with van der Waals surface area (Å²) in [6.45, 7) is 5.79. The van der Waals surface area contributed by atoms with E-state index in [0.717, 1.165) is 0 Å². The lowest BCUT2D eigenvalue weighted by atomic mass is 9.94. The molecule has 2 aromatic rings. The van der Waals surface area contributed by atoms with Crippen LogP contribution in [0.4, 0.5) is 0 Å². The molecule has 2 nitrogen and oxygen atoms in total. The molecule has 3 rings (SSSR count). The van der Waals surface area contributed by atoms with Crippen molar-refractivity contribution >= 4 is 0 Å². The summed E-state index contributed by atoms with van der Waals surface area (Å²) in [5.74, 6) is 0. The maximum Gasteiger partial charge on any atom is 0.0981 e. The topological polar surface area (TPSA) is 16.4 Å². The van der Waals surface area contributed by atoms with Gasteiger partial charge >= 0.3 is 0 Å². The number of likely N-dealkylation sites (tertiary alicyclic amines) is 1. The number of nitrogens with zero attached hydrogens (tertiary/aromatic N) is 1. The lowest BCUT2D eigenvalue weighted by Gasteiger charge is -2.29. The predicted molar refractivity (Wildman–Crippen MR) is 78.0 cm³/mol. The standard InChI is InChI=1S/C17H21NO/c1-13(2)18-10-5-8-17(18)16-7-4-3-6-15(16)14-9-11-19-12-14/h3-4,6-7,9,11-13,17H,5,8,10H2,1-2H3. The zero-order valence-electron chi connectivity index (χ0n) is 11.7. The van der Waals surface area contributed by atoms with Crippen molar-refractivity contribution in [3.8, 4) is 11.1 Å². The van der Waals surface area contributed by atoms with Crippen LogP contribution in [0.15, 0.2) is 47.3 Å². The van der Waals surface area contributed by atoms with Gasteiger partial charge in [-0.3, -0.25) is 4.90 Å². The number of hydrogen-bond donors (Lipinski definition) is 0. The maximum absolute atomic E-state index is 5.25. The normalized spacial score (nSPS) is 20.3. The molecule has 2 heteroatoms. The van der Waals surface area contributed by atoms with E-state index < -0.39 is 0 Å². The van der Waals surface area contributed by atoms with Crippen molar-refractivity contribution in [3.63, 3.8) is 0 Å². The highest BCUT2D eigenvalue weighted by molar-refractivity contribution is 5.67. The molecule has 1 aliphatic rings. The molecular formula is C17H21NO. The Labute approximate surface area is 115 Å². The minimum absolute atomic E-state index is 0.547. The number of furan rings is 1. The Morgan fingerprint density at radius 1 is 1.21 bits per heavy atom. The van der Waals surface area contributed by atoms with Crippen LogP contribution in [0.25, 0.3) is 11.1 Å². The maximum atomic E-state index is 5.25. The first-order valence-corrected chi connectivity index (χ1v) is 7.14. The van der Waals surface area contributed by atoms with E-state index in [1.165, 1.54) is 36.1 Å². The first-order valence-electron chi connectivity index (χ1n) is 7.14. The van der Waals surface area contributed by atoms with Gasteiger partial charge in [0, 0.05) is 17.6 Å². The average molecular weight is 255 g/mol. The molecule has 100 valence electrons. The molecule has 1 aromatic heterocycles. The predicted octanol–water partition coefficient (Wildman–Crippen LogP) is 4.49. The summed E-state index contributed by atoms with van der Waals surface area (Å²) in [4.78, 5) is 2.61. The molecule has 0 aliphatic carbocycles. The third kappa shape index (κ3) is 2.33. The van der Waals surface area contributed by atoms with Crippen molar-refractivity contribution in [2.24, 2.45) is 0 Å². The summed E-state index contributed by atoms with van der Waals surface area (Å²) >= 11 is 0. The summed E-state index contributed by atoms with van der Waals surface area (Å²) in [6.07, 6.45) is 6.14. The van der Waals surface area contributed by atoms with Crippen molar-refractivity contribution in [2.75, 3.05) is 6.54 Å². The average Bonchev–Trinajstić information content (AvgIpc) is 3.10. The Morgan fingerprint density at radius 3 is 2.79 bits per heavy atom. The molecule has 1 aromatic carbocycles. The molecule has 1 unspecified atom stereocenters. The fourth-order valence-electron chi connectivity index (χ4n) is 3.21. The third-order valence-corrected chi connectivity index (χ3v) is 4.11. The zero-order valence-corrected chi connectivity index (χ0v) is 11.7. The second-order valence-electron chi connectivity index (χ2n) is 5.59. The highest BCUT2D eigenvalue weighted by Crippen LogP contribution is 2.38. The lowest BCUT2D eigenvalue weighted by Crippen LogP contribution is -2.30. The number of rotatable bonds is 3. The van der Waals surface area contributed by atoms with E-state index in [4.69, 9.17) is 4.42 Å². The van der Waals surface area contributed by atoms with Crippen LogP contribution in [0.1, 0.15) is 38.3 Å². The Balaban J connectivity index is 2.01. The summed E-state index contributed by atoms with van der Waals surface area (Å²) in [6, 6.07) is 11.9. The zero-order chi connectivity index (χ0) is 13.2. The van der Waals surface area contributed by atoms with Crippen LogP contribution in [0.5, 0.6) is 0 Å². The van der Waals surface area contributed by atoms with Gasteiger partial charge in [-0.25, -0.2) is 0 Å². The van der Waals surface area contributed by atoms with E-state index >= 15 is 0 Å². The smallest absolute Gasteiger partial charge is 0.0981 e. The van der Waals surface area contributed by atoms with Gasteiger partial charge in [-0.1, -0.05) is 24.3 Å². The van der Waals surface area contributed by atoms with E-state index in [1.807, 2.05) is 12.3 Å². The summed E-state index contributed by atoms with van der Waals surface area (Å²) < 4.78 is 5.25. The highest BCUT2D eigenvalue weighted by Gasteiger charge is 2.29. The van der Waals surface area contributed by atoms with Gasteiger partial charge in [-0.15, -0.1) is 0 Å². The van der Waals surface area contributed by atoms with Crippen LogP contribution in [0.2, 0.25) is 0 Å². The van der Waals surface area contributed by atoms with Crippen LogP contribution >= 0.6 is 0 Å². The fraction of sp³-hybridized carbons (Fsp3) is 0.412. The largest absolute Gasteiger partial charge is 0.472 e. The van der Waals surface area contributed by atoms with E-state index in [-0.39, 0.29) is 0 Å². The van der Waals surface area contributed by atoms with E-state index in [9.17, 15) is 0 Å². The highest BCUT2D eigenvalue weighted by atomic mass is 16.3.